The monoisotopic (exact) mass is 399 g/mol. The maximum Gasteiger partial charge on any atom is 0.277 e. The molecule has 3 heterocycles. The summed E-state index contributed by atoms with van der Waals surface area (Å²) in [5.74, 6) is -0.137. The summed E-state index contributed by atoms with van der Waals surface area (Å²) in [6.07, 6.45) is 4.02. The molecule has 2 saturated heterocycles. The average molecular weight is 400 g/mol. The summed E-state index contributed by atoms with van der Waals surface area (Å²) in [7, 11) is 0. The second-order valence-corrected chi connectivity index (χ2v) is 8.33. The van der Waals surface area contributed by atoms with Crippen LogP contribution < -0.4 is 4.90 Å². The minimum absolute atomic E-state index is 0.137. The quantitative estimate of drug-likeness (QED) is 0.766. The fraction of sp³-hybridized carbons (Fsp3) is 0.333. The van der Waals surface area contributed by atoms with Crippen molar-refractivity contribution in [2.24, 2.45) is 4.99 Å². The van der Waals surface area contributed by atoms with E-state index in [9.17, 15) is 4.79 Å². The van der Waals surface area contributed by atoms with Gasteiger partial charge in [-0.3, -0.25) is 9.69 Å². The van der Waals surface area contributed by atoms with Crippen molar-refractivity contribution in [2.75, 3.05) is 18.0 Å². The summed E-state index contributed by atoms with van der Waals surface area (Å²) < 4.78 is 0. The lowest BCUT2D eigenvalue weighted by Gasteiger charge is -2.43. The van der Waals surface area contributed by atoms with Gasteiger partial charge in [-0.05, 0) is 42.7 Å². The Morgan fingerprint density at radius 2 is 1.85 bits per heavy atom. The zero-order valence-corrected chi connectivity index (χ0v) is 16.2. The normalized spacial score (nSPS) is 23.9. The highest BCUT2D eigenvalue weighted by Crippen LogP contribution is 2.41. The predicted molar refractivity (Wildman–Crippen MR) is 109 cm³/mol. The van der Waals surface area contributed by atoms with Crippen molar-refractivity contribution in [1.82, 2.24) is 4.90 Å². The standard InChI is InChI=1S/C21H19Cl2N3O/c22-18-2-1-3-19(20(18)23)26-15-5-6-16(26)12-25(11-15)10-13-4-7-17-14(8-13)9-24-21(17)27/h1-4,7-9,15-16H,5-6,10-12H2. The molecule has 0 aliphatic carbocycles. The fourth-order valence-electron chi connectivity index (χ4n) is 4.67. The number of hydrogen-bond donors (Lipinski definition) is 0. The predicted octanol–water partition coefficient (Wildman–Crippen LogP) is 4.42. The number of carbonyl (C=O) groups is 1. The number of carbonyl (C=O) groups excluding carboxylic acids is 1. The lowest BCUT2D eigenvalue weighted by Crippen LogP contribution is -2.53. The Bertz CT molecular complexity index is 944. The highest BCUT2D eigenvalue weighted by molar-refractivity contribution is 6.43. The van der Waals surface area contributed by atoms with Crippen molar-refractivity contribution in [2.45, 2.75) is 31.5 Å². The minimum atomic E-state index is -0.137. The van der Waals surface area contributed by atoms with Crippen LogP contribution in [0.4, 0.5) is 5.69 Å². The van der Waals surface area contributed by atoms with Crippen LogP contribution in [0.1, 0.15) is 34.3 Å². The van der Waals surface area contributed by atoms with Gasteiger partial charge in [0.05, 0.1) is 21.3 Å². The molecular weight excluding hydrogens is 381 g/mol. The van der Waals surface area contributed by atoms with Crippen LogP contribution in [0, 0.1) is 0 Å². The number of benzene rings is 2. The van der Waals surface area contributed by atoms with Gasteiger partial charge in [-0.1, -0.05) is 35.3 Å². The van der Waals surface area contributed by atoms with E-state index in [1.54, 1.807) is 6.21 Å². The van der Waals surface area contributed by atoms with Crippen LogP contribution in [0.5, 0.6) is 0 Å². The second-order valence-electron chi connectivity index (χ2n) is 7.54. The lowest BCUT2D eigenvalue weighted by molar-refractivity contribution is 0.101. The summed E-state index contributed by atoms with van der Waals surface area (Å²) >= 11 is 12.7. The highest BCUT2D eigenvalue weighted by Gasteiger charge is 2.40. The molecule has 2 fully saturated rings. The third-order valence-corrected chi connectivity index (χ3v) is 6.65. The Balaban J connectivity index is 1.34. The van der Waals surface area contributed by atoms with E-state index in [4.69, 9.17) is 23.2 Å². The number of piperazine rings is 1. The number of fused-ring (bicyclic) bond motifs is 3. The molecule has 2 aromatic carbocycles. The number of likely N-dealkylation sites (tertiary alicyclic amines) is 1. The van der Waals surface area contributed by atoms with Gasteiger partial charge >= 0.3 is 0 Å². The minimum Gasteiger partial charge on any atom is -0.362 e. The fourth-order valence-corrected chi connectivity index (χ4v) is 5.07. The Morgan fingerprint density at radius 3 is 2.63 bits per heavy atom. The number of nitrogens with zero attached hydrogens (tertiary/aromatic N) is 3. The van der Waals surface area contributed by atoms with Crippen LogP contribution in [0.15, 0.2) is 41.4 Å². The van der Waals surface area contributed by atoms with Crippen molar-refractivity contribution < 1.29 is 4.79 Å². The first-order chi connectivity index (χ1) is 13.1. The van der Waals surface area contributed by atoms with Crippen LogP contribution in [-0.2, 0) is 6.54 Å². The smallest absolute Gasteiger partial charge is 0.277 e. The van der Waals surface area contributed by atoms with Gasteiger partial charge in [0.1, 0.15) is 0 Å². The van der Waals surface area contributed by atoms with Crippen LogP contribution in [0.2, 0.25) is 10.0 Å². The van der Waals surface area contributed by atoms with Crippen molar-refractivity contribution in [3.8, 4) is 0 Å². The summed E-state index contributed by atoms with van der Waals surface area (Å²) in [6, 6.07) is 12.8. The van der Waals surface area contributed by atoms with E-state index in [1.807, 2.05) is 24.3 Å². The lowest BCUT2D eigenvalue weighted by atomic mass is 10.0. The molecule has 0 spiro atoms. The van der Waals surface area contributed by atoms with Crippen LogP contribution in [0.25, 0.3) is 0 Å². The van der Waals surface area contributed by atoms with Crippen molar-refractivity contribution in [1.29, 1.82) is 0 Å². The molecule has 3 aliphatic rings. The number of halogens is 2. The molecule has 2 atom stereocenters. The topological polar surface area (TPSA) is 35.9 Å². The van der Waals surface area contributed by atoms with Gasteiger partial charge in [-0.15, -0.1) is 0 Å². The van der Waals surface area contributed by atoms with Gasteiger partial charge in [0.2, 0.25) is 0 Å². The van der Waals surface area contributed by atoms with Crippen molar-refractivity contribution in [3.63, 3.8) is 0 Å². The number of anilines is 1. The molecule has 0 N–H and O–H groups in total. The third kappa shape index (κ3) is 2.96. The summed E-state index contributed by atoms with van der Waals surface area (Å²) in [5.41, 5.74) is 3.93. The van der Waals surface area contributed by atoms with Gasteiger partial charge in [0, 0.05) is 43.5 Å². The molecule has 3 aliphatic heterocycles. The molecule has 0 radical (unpaired) electrons. The maximum absolute atomic E-state index is 11.6. The van der Waals surface area contributed by atoms with E-state index >= 15 is 0 Å². The molecule has 2 aromatic rings. The first kappa shape index (κ1) is 17.2. The van der Waals surface area contributed by atoms with E-state index < -0.39 is 0 Å². The first-order valence-electron chi connectivity index (χ1n) is 9.26. The van der Waals surface area contributed by atoms with E-state index in [1.165, 1.54) is 18.4 Å². The van der Waals surface area contributed by atoms with E-state index in [-0.39, 0.29) is 5.91 Å². The molecule has 138 valence electrons. The number of rotatable bonds is 3. The number of hydrogen-bond acceptors (Lipinski definition) is 3. The van der Waals surface area contributed by atoms with E-state index in [0.717, 1.165) is 30.9 Å². The Morgan fingerprint density at radius 1 is 1.07 bits per heavy atom. The first-order valence-corrected chi connectivity index (χ1v) is 10.0. The van der Waals surface area contributed by atoms with Gasteiger partial charge in [0.15, 0.2) is 0 Å². The SMILES string of the molecule is O=C1N=Cc2cc(CN3CC4CCC(C3)N4c3cccc(Cl)c3Cl)ccc21. The van der Waals surface area contributed by atoms with E-state index in [0.29, 0.717) is 27.7 Å². The van der Waals surface area contributed by atoms with E-state index in [2.05, 4.69) is 26.9 Å². The molecule has 1 amide bonds. The van der Waals surface area contributed by atoms with Gasteiger partial charge < -0.3 is 4.90 Å². The molecular formula is C21H19Cl2N3O. The number of aliphatic imine (C=N–C) groups is 1. The molecule has 6 heteroatoms. The van der Waals surface area contributed by atoms with Gasteiger partial charge in [-0.25, -0.2) is 4.99 Å². The maximum atomic E-state index is 11.6. The zero-order chi connectivity index (χ0) is 18.5. The second kappa shape index (κ2) is 6.62. The molecule has 4 nitrogen and oxygen atoms in total. The number of amides is 1. The largest absolute Gasteiger partial charge is 0.362 e. The molecule has 0 aromatic heterocycles. The molecule has 5 rings (SSSR count). The summed E-state index contributed by atoms with van der Waals surface area (Å²) in [5, 5.41) is 1.28. The Hall–Kier alpha value is -1.88. The van der Waals surface area contributed by atoms with Crippen molar-refractivity contribution in [3.05, 3.63) is 63.1 Å². The molecule has 0 saturated carbocycles. The van der Waals surface area contributed by atoms with Crippen LogP contribution >= 0.6 is 23.2 Å². The zero-order valence-electron chi connectivity index (χ0n) is 14.7. The van der Waals surface area contributed by atoms with Gasteiger partial charge in [0.25, 0.3) is 5.91 Å². The molecule has 27 heavy (non-hydrogen) atoms. The average Bonchev–Trinajstić information content (AvgIpc) is 3.14. The summed E-state index contributed by atoms with van der Waals surface area (Å²) in [6.45, 7) is 2.90. The third-order valence-electron chi connectivity index (χ3n) is 5.84. The van der Waals surface area contributed by atoms with Gasteiger partial charge in [-0.2, -0.15) is 0 Å². The Labute approximate surface area is 168 Å². The Kier molecular flexibility index (Phi) is 4.23. The molecule has 2 bridgehead atoms. The summed E-state index contributed by atoms with van der Waals surface area (Å²) in [4.78, 5) is 20.5. The van der Waals surface area contributed by atoms with Crippen molar-refractivity contribution >= 4 is 41.0 Å². The van der Waals surface area contributed by atoms with Crippen LogP contribution in [-0.4, -0.2) is 42.2 Å². The highest BCUT2D eigenvalue weighted by atomic mass is 35.5. The molecule has 2 unspecified atom stereocenters. The van der Waals surface area contributed by atoms with Crippen LogP contribution in [0.3, 0.4) is 0 Å².